The van der Waals surface area contributed by atoms with Crippen molar-refractivity contribution >= 4 is 41.7 Å². The van der Waals surface area contributed by atoms with Crippen LogP contribution in [-0.4, -0.2) is 36.2 Å². The summed E-state index contributed by atoms with van der Waals surface area (Å²) in [7, 11) is 0. The van der Waals surface area contributed by atoms with Crippen molar-refractivity contribution in [3.8, 4) is 0 Å². The lowest BCUT2D eigenvalue weighted by atomic mass is 10.2. The number of halogens is 1. The minimum absolute atomic E-state index is 0. The molecular formula is C16H24ClN3O2S. The van der Waals surface area contributed by atoms with Crippen LogP contribution in [0.4, 0.5) is 5.69 Å². The van der Waals surface area contributed by atoms with E-state index in [-0.39, 0.29) is 29.5 Å². The smallest absolute Gasteiger partial charge is 0.233 e. The van der Waals surface area contributed by atoms with E-state index >= 15 is 0 Å². The Morgan fingerprint density at radius 1 is 1.35 bits per heavy atom. The van der Waals surface area contributed by atoms with Crippen LogP contribution in [0.3, 0.4) is 0 Å². The molecule has 1 aliphatic heterocycles. The highest BCUT2D eigenvalue weighted by atomic mass is 35.5. The summed E-state index contributed by atoms with van der Waals surface area (Å²) in [5.74, 6) is -0.0293. The molecule has 0 aliphatic carbocycles. The number of rotatable bonds is 6. The van der Waals surface area contributed by atoms with Crippen LogP contribution in [-0.2, 0) is 9.59 Å². The first kappa shape index (κ1) is 19.8. The van der Waals surface area contributed by atoms with E-state index in [0.717, 1.165) is 23.5 Å². The topological polar surface area (TPSA) is 70.2 Å². The third-order valence-electron chi connectivity index (χ3n) is 3.54. The highest BCUT2D eigenvalue weighted by Gasteiger charge is 2.18. The molecule has 0 radical (unpaired) electrons. The van der Waals surface area contributed by atoms with Crippen molar-refractivity contribution in [2.75, 3.05) is 18.4 Å². The normalized spacial score (nSPS) is 17.9. The molecule has 0 saturated carbocycles. The SMILES string of the molecule is CC(=O)Nc1ccc(SC(C)C(=O)NCC2CCCN2)cc1.Cl. The predicted octanol–water partition coefficient (Wildman–Crippen LogP) is 2.42. The summed E-state index contributed by atoms with van der Waals surface area (Å²) < 4.78 is 0. The fourth-order valence-electron chi connectivity index (χ4n) is 2.38. The molecule has 2 unspecified atom stereocenters. The van der Waals surface area contributed by atoms with Gasteiger partial charge in [0.2, 0.25) is 11.8 Å². The van der Waals surface area contributed by atoms with Gasteiger partial charge in [0.1, 0.15) is 0 Å². The van der Waals surface area contributed by atoms with E-state index in [0.29, 0.717) is 12.6 Å². The number of hydrogen-bond acceptors (Lipinski definition) is 4. The fourth-order valence-corrected chi connectivity index (χ4v) is 3.27. The van der Waals surface area contributed by atoms with Crippen LogP contribution < -0.4 is 16.0 Å². The molecule has 1 aromatic carbocycles. The average molecular weight is 358 g/mol. The third-order valence-corrected chi connectivity index (χ3v) is 4.65. The Morgan fingerprint density at radius 2 is 2.04 bits per heavy atom. The van der Waals surface area contributed by atoms with Gasteiger partial charge >= 0.3 is 0 Å². The van der Waals surface area contributed by atoms with Gasteiger partial charge in [-0.2, -0.15) is 0 Å². The van der Waals surface area contributed by atoms with Crippen molar-refractivity contribution in [3.63, 3.8) is 0 Å². The first-order valence-corrected chi connectivity index (χ1v) is 8.48. The van der Waals surface area contributed by atoms with Crippen molar-refractivity contribution < 1.29 is 9.59 Å². The third kappa shape index (κ3) is 6.81. The molecule has 2 amide bonds. The Bertz CT molecular complexity index is 519. The maximum atomic E-state index is 12.1. The van der Waals surface area contributed by atoms with Gasteiger partial charge in [-0.1, -0.05) is 0 Å². The van der Waals surface area contributed by atoms with Gasteiger partial charge in [0.25, 0.3) is 0 Å². The Labute approximate surface area is 147 Å². The number of benzene rings is 1. The average Bonchev–Trinajstić information content (AvgIpc) is 2.99. The zero-order chi connectivity index (χ0) is 15.9. The maximum Gasteiger partial charge on any atom is 0.233 e. The molecule has 0 aromatic heterocycles. The molecule has 0 bridgehead atoms. The molecule has 1 heterocycles. The van der Waals surface area contributed by atoms with Crippen molar-refractivity contribution in [2.24, 2.45) is 0 Å². The van der Waals surface area contributed by atoms with Gasteiger partial charge in [-0.25, -0.2) is 0 Å². The minimum Gasteiger partial charge on any atom is -0.354 e. The highest BCUT2D eigenvalue weighted by molar-refractivity contribution is 8.00. The standard InChI is InChI=1S/C16H23N3O2S.ClH/c1-11(16(21)18-10-14-4-3-9-17-14)22-15-7-5-13(6-8-15)19-12(2)20;/h5-8,11,14,17H,3-4,9-10H2,1-2H3,(H,18,21)(H,19,20);1H. The van der Waals surface area contributed by atoms with Crippen LogP contribution in [0.1, 0.15) is 26.7 Å². The van der Waals surface area contributed by atoms with Gasteiger partial charge in [0.05, 0.1) is 5.25 Å². The molecular weight excluding hydrogens is 334 g/mol. The van der Waals surface area contributed by atoms with Crippen molar-refractivity contribution in [1.82, 2.24) is 10.6 Å². The lowest BCUT2D eigenvalue weighted by Crippen LogP contribution is -2.40. The molecule has 1 saturated heterocycles. The number of carbonyl (C=O) groups excluding carboxylic acids is 2. The van der Waals surface area contributed by atoms with E-state index in [1.807, 2.05) is 31.2 Å². The van der Waals surface area contributed by atoms with Gasteiger partial charge < -0.3 is 16.0 Å². The summed E-state index contributed by atoms with van der Waals surface area (Å²) in [6.45, 7) is 5.13. The van der Waals surface area contributed by atoms with Gasteiger partial charge in [0.15, 0.2) is 0 Å². The Morgan fingerprint density at radius 3 is 2.61 bits per heavy atom. The lowest BCUT2D eigenvalue weighted by Gasteiger charge is -2.15. The van der Waals surface area contributed by atoms with Crippen molar-refractivity contribution in [2.45, 2.75) is 42.9 Å². The molecule has 3 N–H and O–H groups in total. The molecule has 5 nitrogen and oxygen atoms in total. The van der Waals surface area contributed by atoms with E-state index in [2.05, 4.69) is 16.0 Å². The van der Waals surface area contributed by atoms with Gasteiger partial charge in [0, 0.05) is 30.1 Å². The number of anilines is 1. The number of carbonyl (C=O) groups is 2. The molecule has 7 heteroatoms. The molecule has 1 aromatic rings. The van der Waals surface area contributed by atoms with Gasteiger partial charge in [-0.05, 0) is 50.6 Å². The van der Waals surface area contributed by atoms with Crippen molar-refractivity contribution in [1.29, 1.82) is 0 Å². The molecule has 1 fully saturated rings. The second kappa shape index (κ2) is 9.80. The summed E-state index contributed by atoms with van der Waals surface area (Å²) in [6, 6.07) is 7.93. The molecule has 128 valence electrons. The van der Waals surface area contributed by atoms with E-state index in [4.69, 9.17) is 0 Å². The molecule has 1 aliphatic rings. The summed E-state index contributed by atoms with van der Waals surface area (Å²) in [5, 5.41) is 8.95. The largest absolute Gasteiger partial charge is 0.354 e. The summed E-state index contributed by atoms with van der Waals surface area (Å²) in [6.07, 6.45) is 2.32. The first-order valence-electron chi connectivity index (χ1n) is 7.60. The van der Waals surface area contributed by atoms with Crippen molar-refractivity contribution in [3.05, 3.63) is 24.3 Å². The summed E-state index contributed by atoms with van der Waals surface area (Å²) >= 11 is 1.52. The van der Waals surface area contributed by atoms with Crippen LogP contribution in [0.15, 0.2) is 29.2 Å². The molecule has 0 spiro atoms. The van der Waals surface area contributed by atoms with E-state index in [1.54, 1.807) is 0 Å². The Hall–Kier alpha value is -1.24. The number of hydrogen-bond donors (Lipinski definition) is 3. The predicted molar refractivity (Wildman–Crippen MR) is 97.3 cm³/mol. The molecule has 2 atom stereocenters. The fraction of sp³-hybridized carbons (Fsp3) is 0.500. The van der Waals surface area contributed by atoms with Crippen LogP contribution in [0, 0.1) is 0 Å². The second-order valence-electron chi connectivity index (χ2n) is 5.50. The van der Waals surface area contributed by atoms with E-state index in [9.17, 15) is 9.59 Å². The first-order chi connectivity index (χ1) is 10.5. The summed E-state index contributed by atoms with van der Waals surface area (Å²) in [5.41, 5.74) is 0.765. The Balaban J connectivity index is 0.00000264. The zero-order valence-corrected chi connectivity index (χ0v) is 15.1. The quantitative estimate of drug-likeness (QED) is 0.684. The number of nitrogens with one attached hydrogen (secondary N) is 3. The monoisotopic (exact) mass is 357 g/mol. The maximum absolute atomic E-state index is 12.1. The van der Waals surface area contributed by atoms with Crippen LogP contribution >= 0.6 is 24.2 Å². The highest BCUT2D eigenvalue weighted by Crippen LogP contribution is 2.24. The van der Waals surface area contributed by atoms with Crippen LogP contribution in [0.25, 0.3) is 0 Å². The number of thioether (sulfide) groups is 1. The van der Waals surface area contributed by atoms with Gasteiger partial charge in [-0.3, -0.25) is 9.59 Å². The minimum atomic E-state index is -0.145. The number of amides is 2. The van der Waals surface area contributed by atoms with Crippen LogP contribution in [0.5, 0.6) is 0 Å². The lowest BCUT2D eigenvalue weighted by molar-refractivity contribution is -0.120. The van der Waals surface area contributed by atoms with Crippen LogP contribution in [0.2, 0.25) is 0 Å². The zero-order valence-electron chi connectivity index (χ0n) is 13.4. The summed E-state index contributed by atoms with van der Waals surface area (Å²) in [4.78, 5) is 24.1. The van der Waals surface area contributed by atoms with Gasteiger partial charge in [-0.15, -0.1) is 24.2 Å². The molecule has 23 heavy (non-hydrogen) atoms. The molecule has 2 rings (SSSR count). The van der Waals surface area contributed by atoms with E-state index in [1.165, 1.54) is 25.1 Å². The van der Waals surface area contributed by atoms with E-state index < -0.39 is 0 Å². The second-order valence-corrected chi connectivity index (χ2v) is 6.92. The Kier molecular flexibility index (Phi) is 8.44.